The van der Waals surface area contributed by atoms with Crippen LogP contribution < -0.4 is 0 Å². The van der Waals surface area contributed by atoms with E-state index in [1.165, 1.54) is 135 Å². The smallest absolute Gasteiger partial charge is 0.462 e. The van der Waals surface area contributed by atoms with Crippen molar-refractivity contribution in [2.24, 2.45) is 0 Å². The number of rotatable bonds is 43. The fourth-order valence-electron chi connectivity index (χ4n) is 6.52. The topological polar surface area (TPSA) is 108 Å². The summed E-state index contributed by atoms with van der Waals surface area (Å²) < 4.78 is 34.3. The van der Waals surface area contributed by atoms with Crippen LogP contribution in [0.4, 0.5) is 0 Å². The minimum atomic E-state index is -4.38. The summed E-state index contributed by atoms with van der Waals surface area (Å²) in [4.78, 5) is 35.4. The highest BCUT2D eigenvalue weighted by Gasteiger charge is 2.27. The van der Waals surface area contributed by atoms with E-state index >= 15 is 0 Å². The van der Waals surface area contributed by atoms with Crippen LogP contribution in [0.1, 0.15) is 213 Å². The highest BCUT2D eigenvalue weighted by atomic mass is 31.2. The molecule has 0 saturated carbocycles. The van der Waals surface area contributed by atoms with Gasteiger partial charge in [-0.2, -0.15) is 0 Å². The molecule has 0 aromatic rings. The maximum atomic E-state index is 12.7. The van der Waals surface area contributed by atoms with Gasteiger partial charge in [-0.15, -0.1) is 0 Å². The van der Waals surface area contributed by atoms with Crippen LogP contribution in [0.3, 0.4) is 0 Å². The number of nitrogens with zero attached hydrogens (tertiary/aromatic N) is 1. The molecule has 0 aliphatic carbocycles. The summed E-state index contributed by atoms with van der Waals surface area (Å²) in [6.45, 7) is 4.41. The van der Waals surface area contributed by atoms with Crippen molar-refractivity contribution in [1.29, 1.82) is 0 Å². The van der Waals surface area contributed by atoms with Gasteiger partial charge in [0.05, 0.1) is 27.7 Å². The number of hydrogen-bond acceptors (Lipinski definition) is 7. The number of phosphoric acid groups is 1. The Hall–Kier alpha value is -1.51. The molecule has 0 saturated heterocycles. The van der Waals surface area contributed by atoms with E-state index in [-0.39, 0.29) is 26.1 Å². The molecule has 0 amide bonds. The largest absolute Gasteiger partial charge is 0.472 e. The Morgan fingerprint density at radius 1 is 0.544 bits per heavy atom. The number of ether oxygens (including phenoxy) is 2. The Bertz CT molecular complexity index is 1030. The minimum absolute atomic E-state index is 0.0290. The molecule has 336 valence electrons. The van der Waals surface area contributed by atoms with Crippen molar-refractivity contribution in [3.63, 3.8) is 0 Å². The molecule has 1 N–H and O–H groups in total. The van der Waals surface area contributed by atoms with Gasteiger partial charge >= 0.3 is 19.8 Å². The molecule has 0 aliphatic heterocycles. The van der Waals surface area contributed by atoms with Gasteiger partial charge in [0, 0.05) is 12.8 Å². The van der Waals surface area contributed by atoms with Crippen LogP contribution >= 0.6 is 7.82 Å². The van der Waals surface area contributed by atoms with Gasteiger partial charge in [-0.1, -0.05) is 179 Å². The van der Waals surface area contributed by atoms with Crippen LogP contribution in [0.25, 0.3) is 0 Å². The van der Waals surface area contributed by atoms with Crippen molar-refractivity contribution in [1.82, 2.24) is 0 Å². The molecule has 1 unspecified atom stereocenters. The van der Waals surface area contributed by atoms with Crippen LogP contribution in [-0.2, 0) is 32.7 Å². The second-order valence-electron chi connectivity index (χ2n) is 17.1. The second kappa shape index (κ2) is 39.9. The van der Waals surface area contributed by atoms with Crippen molar-refractivity contribution >= 4 is 19.8 Å². The van der Waals surface area contributed by atoms with E-state index in [1.807, 2.05) is 21.1 Å². The molecule has 0 radical (unpaired) electrons. The molecule has 2 atom stereocenters. The van der Waals surface area contributed by atoms with E-state index in [0.29, 0.717) is 23.9 Å². The number of unbranched alkanes of at least 4 members (excludes halogenated alkanes) is 25. The SMILES string of the molecule is CCCCCCCC/C=C/C/C=C/CCCCC(=O)OC[C@H](COP(=O)(O)OCC[N+](C)(C)C)OC(=O)CCCCCCCCCCCCCCCCCCCC. The van der Waals surface area contributed by atoms with Gasteiger partial charge in [0.2, 0.25) is 0 Å². The number of hydrogen-bond donors (Lipinski definition) is 1. The zero-order valence-electron chi connectivity index (χ0n) is 37.8. The van der Waals surface area contributed by atoms with Crippen LogP contribution in [0.2, 0.25) is 0 Å². The molecular formula is C47H91NO8P+. The first-order valence-electron chi connectivity index (χ1n) is 23.6. The van der Waals surface area contributed by atoms with E-state index in [1.54, 1.807) is 0 Å². The summed E-state index contributed by atoms with van der Waals surface area (Å²) in [6, 6.07) is 0. The maximum Gasteiger partial charge on any atom is 0.472 e. The number of carbonyl (C=O) groups excluding carboxylic acids is 2. The Labute approximate surface area is 351 Å². The van der Waals surface area contributed by atoms with Crippen molar-refractivity contribution in [2.45, 2.75) is 219 Å². The predicted molar refractivity (Wildman–Crippen MR) is 238 cm³/mol. The fourth-order valence-corrected chi connectivity index (χ4v) is 7.26. The number of quaternary nitrogens is 1. The zero-order valence-corrected chi connectivity index (χ0v) is 38.7. The summed E-state index contributed by atoms with van der Waals surface area (Å²) in [6.07, 6.45) is 43.7. The number of carbonyl (C=O) groups is 2. The minimum Gasteiger partial charge on any atom is -0.462 e. The third-order valence-electron chi connectivity index (χ3n) is 10.2. The average Bonchev–Trinajstić information content (AvgIpc) is 3.16. The van der Waals surface area contributed by atoms with Gasteiger partial charge in [-0.25, -0.2) is 4.57 Å². The number of likely N-dealkylation sites (N-methyl/N-ethyl adjacent to an activating group) is 1. The lowest BCUT2D eigenvalue weighted by Crippen LogP contribution is -2.37. The summed E-state index contributed by atoms with van der Waals surface area (Å²) in [5.41, 5.74) is 0. The highest BCUT2D eigenvalue weighted by Crippen LogP contribution is 2.43. The summed E-state index contributed by atoms with van der Waals surface area (Å²) >= 11 is 0. The quantitative estimate of drug-likeness (QED) is 0.0213. The molecule has 57 heavy (non-hydrogen) atoms. The Kier molecular flexibility index (Phi) is 38.9. The Balaban J connectivity index is 4.33. The van der Waals surface area contributed by atoms with Crippen LogP contribution in [0, 0.1) is 0 Å². The summed E-state index contributed by atoms with van der Waals surface area (Å²) in [5, 5.41) is 0. The van der Waals surface area contributed by atoms with Crippen molar-refractivity contribution in [3.05, 3.63) is 24.3 Å². The van der Waals surface area contributed by atoms with Crippen LogP contribution in [-0.4, -0.2) is 74.9 Å². The molecule has 0 aromatic carbocycles. The van der Waals surface area contributed by atoms with Crippen molar-refractivity contribution < 1.29 is 42.1 Å². The standard InChI is InChI=1S/C47H90NO8P/c1-6-8-10-12-14-16-18-20-22-23-24-26-28-30-32-34-36-38-40-47(50)56-45(44-55-57(51,52)54-42-41-48(3,4)5)43-53-46(49)39-37-35-33-31-29-27-25-21-19-17-15-13-11-9-7-2/h21,25,29,31,45H,6-20,22-24,26-28,30,32-44H2,1-5H3/p+1/b25-21+,31-29+/t45-/m1/s1. The molecule has 0 spiro atoms. The van der Waals surface area contributed by atoms with E-state index in [9.17, 15) is 19.0 Å². The summed E-state index contributed by atoms with van der Waals surface area (Å²) in [5.74, 6) is -0.827. The normalized spacial score (nSPS) is 13.7. The van der Waals surface area contributed by atoms with E-state index in [0.717, 1.165) is 38.5 Å². The molecule has 0 aromatic heterocycles. The summed E-state index contributed by atoms with van der Waals surface area (Å²) in [7, 11) is 1.47. The van der Waals surface area contributed by atoms with Gasteiger partial charge < -0.3 is 18.9 Å². The first-order valence-corrected chi connectivity index (χ1v) is 25.1. The van der Waals surface area contributed by atoms with E-state index in [4.69, 9.17) is 18.5 Å². The second-order valence-corrected chi connectivity index (χ2v) is 18.6. The fraction of sp³-hybridized carbons (Fsp3) is 0.872. The Morgan fingerprint density at radius 2 is 0.947 bits per heavy atom. The first kappa shape index (κ1) is 55.5. The van der Waals surface area contributed by atoms with Gasteiger partial charge in [0.25, 0.3) is 0 Å². The van der Waals surface area contributed by atoms with Gasteiger partial charge in [0.15, 0.2) is 6.10 Å². The highest BCUT2D eigenvalue weighted by molar-refractivity contribution is 7.47. The number of phosphoric ester groups is 1. The molecule has 9 nitrogen and oxygen atoms in total. The number of esters is 2. The lowest BCUT2D eigenvalue weighted by Gasteiger charge is -2.24. The van der Waals surface area contributed by atoms with E-state index < -0.39 is 32.5 Å². The lowest BCUT2D eigenvalue weighted by atomic mass is 10.0. The maximum absolute atomic E-state index is 12.7. The van der Waals surface area contributed by atoms with Crippen LogP contribution in [0.15, 0.2) is 24.3 Å². The zero-order chi connectivity index (χ0) is 42.1. The average molecular weight is 829 g/mol. The lowest BCUT2D eigenvalue weighted by molar-refractivity contribution is -0.870. The first-order chi connectivity index (χ1) is 27.5. The third kappa shape index (κ3) is 43.9. The molecule has 0 heterocycles. The number of allylic oxidation sites excluding steroid dienone is 4. The third-order valence-corrected chi connectivity index (χ3v) is 11.2. The Morgan fingerprint density at radius 3 is 1.42 bits per heavy atom. The molecule has 10 heteroatoms. The monoisotopic (exact) mass is 829 g/mol. The van der Waals surface area contributed by atoms with Crippen LogP contribution in [0.5, 0.6) is 0 Å². The molecular weight excluding hydrogens is 737 g/mol. The molecule has 0 aliphatic rings. The van der Waals surface area contributed by atoms with Crippen molar-refractivity contribution in [2.75, 3.05) is 47.5 Å². The van der Waals surface area contributed by atoms with E-state index in [2.05, 4.69) is 38.2 Å². The van der Waals surface area contributed by atoms with Crippen molar-refractivity contribution in [3.8, 4) is 0 Å². The van der Waals surface area contributed by atoms with Gasteiger partial charge in [-0.3, -0.25) is 18.6 Å². The predicted octanol–water partition coefficient (Wildman–Crippen LogP) is 13.5. The molecule has 0 rings (SSSR count). The van der Waals surface area contributed by atoms with Gasteiger partial charge in [0.1, 0.15) is 19.8 Å². The molecule has 0 fully saturated rings. The van der Waals surface area contributed by atoms with Gasteiger partial charge in [-0.05, 0) is 44.9 Å². The molecule has 0 bridgehead atoms.